The third-order valence-corrected chi connectivity index (χ3v) is 3.40. The molecule has 0 atom stereocenters. The molecule has 0 radical (unpaired) electrons. The Balaban J connectivity index is 2.11. The van der Waals surface area contributed by atoms with Crippen LogP contribution >= 0.6 is 27.5 Å². The lowest BCUT2D eigenvalue weighted by molar-refractivity contribution is 0.0951. The molecule has 8 heteroatoms. The van der Waals surface area contributed by atoms with Crippen LogP contribution in [0.5, 0.6) is 0 Å². The zero-order chi connectivity index (χ0) is 15.4. The molecule has 110 valence electrons. The van der Waals surface area contributed by atoms with Gasteiger partial charge in [0.25, 0.3) is 5.91 Å². The lowest BCUT2D eigenvalue weighted by Crippen LogP contribution is -2.25. The van der Waals surface area contributed by atoms with Crippen molar-refractivity contribution in [2.75, 3.05) is 5.43 Å². The number of aromatic nitrogens is 1. The van der Waals surface area contributed by atoms with Gasteiger partial charge >= 0.3 is 0 Å². The summed E-state index contributed by atoms with van der Waals surface area (Å²) in [5.74, 6) is 4.71. The molecule has 0 spiro atoms. The number of rotatable bonds is 4. The van der Waals surface area contributed by atoms with Crippen molar-refractivity contribution in [3.05, 3.63) is 56.9 Å². The van der Waals surface area contributed by atoms with Gasteiger partial charge in [0, 0.05) is 17.2 Å². The normalized spacial score (nSPS) is 10.3. The van der Waals surface area contributed by atoms with Crippen molar-refractivity contribution in [2.24, 2.45) is 5.84 Å². The van der Waals surface area contributed by atoms with Gasteiger partial charge in [-0.1, -0.05) is 17.7 Å². The molecule has 0 aliphatic heterocycles. The van der Waals surface area contributed by atoms with Gasteiger partial charge in [-0.2, -0.15) is 0 Å². The van der Waals surface area contributed by atoms with Crippen molar-refractivity contribution in [1.82, 2.24) is 10.3 Å². The van der Waals surface area contributed by atoms with Crippen molar-refractivity contribution < 1.29 is 9.18 Å². The van der Waals surface area contributed by atoms with Gasteiger partial charge < -0.3 is 10.7 Å². The fourth-order valence-corrected chi connectivity index (χ4v) is 2.19. The Bertz CT molecular complexity index is 683. The van der Waals surface area contributed by atoms with Gasteiger partial charge in [0.1, 0.15) is 5.82 Å². The van der Waals surface area contributed by atoms with Gasteiger partial charge in [0.15, 0.2) is 5.82 Å². The largest absolute Gasteiger partial charge is 0.348 e. The zero-order valence-corrected chi connectivity index (χ0v) is 13.0. The van der Waals surface area contributed by atoms with Crippen LogP contribution in [0, 0.1) is 5.82 Å². The van der Waals surface area contributed by atoms with Gasteiger partial charge in [0.05, 0.1) is 10.6 Å². The van der Waals surface area contributed by atoms with Crippen LogP contribution in [0.1, 0.15) is 15.9 Å². The molecule has 2 aromatic rings. The minimum atomic E-state index is -0.502. The van der Waals surface area contributed by atoms with Gasteiger partial charge in [-0.15, -0.1) is 0 Å². The van der Waals surface area contributed by atoms with Crippen LogP contribution in [0.2, 0.25) is 5.02 Å². The Labute approximate surface area is 133 Å². The third kappa shape index (κ3) is 3.90. The standard InChI is InChI=1S/C13H11BrClFN4O/c14-8-4-9(12(20-17)18-6-8)13(21)19-5-7-1-2-11(16)10(15)3-7/h1-4,6H,5,17H2,(H,18,20)(H,19,21). The molecule has 0 aliphatic carbocycles. The first-order chi connectivity index (χ1) is 10.0. The number of hydrogen-bond donors (Lipinski definition) is 3. The number of halogens is 3. The molecule has 1 aromatic heterocycles. The van der Waals surface area contributed by atoms with E-state index in [2.05, 4.69) is 31.7 Å². The number of benzene rings is 1. The highest BCUT2D eigenvalue weighted by atomic mass is 79.9. The summed E-state index contributed by atoms with van der Waals surface area (Å²) < 4.78 is 13.7. The SMILES string of the molecule is NNc1ncc(Br)cc1C(=O)NCc1ccc(F)c(Cl)c1. The number of anilines is 1. The van der Waals surface area contributed by atoms with E-state index in [9.17, 15) is 9.18 Å². The third-order valence-electron chi connectivity index (χ3n) is 2.67. The smallest absolute Gasteiger partial charge is 0.255 e. The Morgan fingerprint density at radius 1 is 1.43 bits per heavy atom. The molecule has 0 aliphatic rings. The number of amides is 1. The maximum absolute atomic E-state index is 13.1. The summed E-state index contributed by atoms with van der Waals surface area (Å²) in [6.07, 6.45) is 1.52. The Hall–Kier alpha value is -1.70. The highest BCUT2D eigenvalue weighted by molar-refractivity contribution is 9.10. The maximum atomic E-state index is 13.1. The van der Waals surface area contributed by atoms with Gasteiger partial charge in [0.2, 0.25) is 0 Å². The number of pyridine rings is 1. The Morgan fingerprint density at radius 3 is 2.86 bits per heavy atom. The quantitative estimate of drug-likeness (QED) is 0.569. The molecule has 1 heterocycles. The molecular weight excluding hydrogens is 363 g/mol. The van der Waals surface area contributed by atoms with Crippen LogP contribution < -0.4 is 16.6 Å². The molecule has 0 fully saturated rings. The molecule has 0 saturated carbocycles. The predicted octanol–water partition coefficient (Wildman–Crippen LogP) is 2.85. The molecule has 1 amide bonds. The van der Waals surface area contributed by atoms with E-state index in [1.165, 1.54) is 18.3 Å². The van der Waals surface area contributed by atoms with E-state index in [0.29, 0.717) is 15.6 Å². The first-order valence-electron chi connectivity index (χ1n) is 5.85. The van der Waals surface area contributed by atoms with Crippen molar-refractivity contribution in [3.8, 4) is 0 Å². The fraction of sp³-hybridized carbons (Fsp3) is 0.0769. The monoisotopic (exact) mass is 372 g/mol. The van der Waals surface area contributed by atoms with Crippen molar-refractivity contribution in [3.63, 3.8) is 0 Å². The van der Waals surface area contributed by atoms with Crippen LogP contribution in [0.25, 0.3) is 0 Å². The lowest BCUT2D eigenvalue weighted by atomic mass is 10.2. The highest BCUT2D eigenvalue weighted by Crippen LogP contribution is 2.18. The maximum Gasteiger partial charge on any atom is 0.255 e. The number of hydrogen-bond acceptors (Lipinski definition) is 4. The van der Waals surface area contributed by atoms with E-state index in [1.54, 1.807) is 12.1 Å². The Morgan fingerprint density at radius 2 is 2.19 bits per heavy atom. The average molecular weight is 374 g/mol. The lowest BCUT2D eigenvalue weighted by Gasteiger charge is -2.09. The van der Waals surface area contributed by atoms with Crippen LogP contribution in [0.15, 0.2) is 34.9 Å². The minimum absolute atomic E-state index is 0.00943. The van der Waals surface area contributed by atoms with E-state index < -0.39 is 5.82 Å². The number of nitrogen functional groups attached to an aromatic ring is 1. The molecular formula is C13H11BrClFN4O. The second-order valence-electron chi connectivity index (χ2n) is 4.13. The van der Waals surface area contributed by atoms with E-state index in [1.807, 2.05) is 0 Å². The van der Waals surface area contributed by atoms with Crippen LogP contribution in [-0.4, -0.2) is 10.9 Å². The van der Waals surface area contributed by atoms with E-state index in [4.69, 9.17) is 17.4 Å². The zero-order valence-electron chi connectivity index (χ0n) is 10.7. The summed E-state index contributed by atoms with van der Waals surface area (Å²) in [6, 6.07) is 5.84. The first-order valence-corrected chi connectivity index (χ1v) is 7.02. The second-order valence-corrected chi connectivity index (χ2v) is 5.45. The van der Waals surface area contributed by atoms with Crippen molar-refractivity contribution in [1.29, 1.82) is 0 Å². The summed E-state index contributed by atoms with van der Waals surface area (Å²) in [7, 11) is 0. The van der Waals surface area contributed by atoms with Crippen molar-refractivity contribution >= 4 is 39.3 Å². The number of nitrogens with zero attached hydrogens (tertiary/aromatic N) is 1. The van der Waals surface area contributed by atoms with Gasteiger partial charge in [-0.25, -0.2) is 15.2 Å². The molecule has 4 N–H and O–H groups in total. The summed E-state index contributed by atoms with van der Waals surface area (Å²) in [4.78, 5) is 16.1. The Kier molecular flexibility index (Phi) is 5.11. The molecule has 2 rings (SSSR count). The van der Waals surface area contributed by atoms with Gasteiger partial charge in [-0.05, 0) is 39.7 Å². The highest BCUT2D eigenvalue weighted by Gasteiger charge is 2.13. The molecule has 1 aromatic carbocycles. The number of nitrogens with one attached hydrogen (secondary N) is 2. The van der Waals surface area contributed by atoms with E-state index in [-0.39, 0.29) is 23.3 Å². The molecule has 0 bridgehead atoms. The number of hydrazine groups is 1. The van der Waals surface area contributed by atoms with Crippen LogP contribution in [0.4, 0.5) is 10.2 Å². The van der Waals surface area contributed by atoms with E-state index in [0.717, 1.165) is 0 Å². The summed E-state index contributed by atoms with van der Waals surface area (Å²) in [5.41, 5.74) is 3.33. The minimum Gasteiger partial charge on any atom is -0.348 e. The topological polar surface area (TPSA) is 80.0 Å². The van der Waals surface area contributed by atoms with Crippen molar-refractivity contribution in [2.45, 2.75) is 6.54 Å². The molecule has 0 unspecified atom stereocenters. The van der Waals surface area contributed by atoms with Gasteiger partial charge in [-0.3, -0.25) is 4.79 Å². The molecule has 0 saturated heterocycles. The predicted molar refractivity (Wildman–Crippen MR) is 82.3 cm³/mol. The average Bonchev–Trinajstić information content (AvgIpc) is 2.48. The summed E-state index contributed by atoms with van der Waals surface area (Å²) in [5, 5.41) is 2.70. The summed E-state index contributed by atoms with van der Waals surface area (Å²) >= 11 is 8.92. The number of carbonyl (C=O) groups is 1. The molecule has 5 nitrogen and oxygen atoms in total. The van der Waals surface area contributed by atoms with Crippen LogP contribution in [-0.2, 0) is 6.54 Å². The molecule has 21 heavy (non-hydrogen) atoms. The van der Waals surface area contributed by atoms with Crippen LogP contribution in [0.3, 0.4) is 0 Å². The second kappa shape index (κ2) is 6.84. The van der Waals surface area contributed by atoms with E-state index >= 15 is 0 Å². The first kappa shape index (κ1) is 15.7. The number of carbonyl (C=O) groups excluding carboxylic acids is 1. The number of nitrogens with two attached hydrogens (primary N) is 1. The fourth-order valence-electron chi connectivity index (χ4n) is 1.65. The summed E-state index contributed by atoms with van der Waals surface area (Å²) in [6.45, 7) is 0.204.